The number of fused-ring (bicyclic) bond motifs is 1. The number of nitrogens with one attached hydrogen (secondary N) is 1. The van der Waals surface area contributed by atoms with Gasteiger partial charge in [0, 0.05) is 24.3 Å². The van der Waals surface area contributed by atoms with E-state index in [4.69, 9.17) is 0 Å². The number of amides is 1. The SMILES string of the molecule is Cc1nccn1-c1ccc(CNC(=O)Cn2ncc(=O)c3ccccc32)cc1F. The van der Waals surface area contributed by atoms with Crippen molar-refractivity contribution in [3.8, 4) is 5.69 Å². The highest BCUT2D eigenvalue weighted by atomic mass is 19.1. The van der Waals surface area contributed by atoms with Crippen molar-refractivity contribution in [3.05, 3.63) is 88.5 Å². The standard InChI is InChI=1S/C21H18FN5O2/c1-14-23-8-9-26(14)19-7-6-15(10-17(19)22)11-24-21(29)13-27-18-5-3-2-4-16(18)20(28)12-25-27/h2-10,12H,11,13H2,1H3,(H,24,29). The molecule has 0 spiro atoms. The van der Waals surface area contributed by atoms with Crippen LogP contribution in [0.4, 0.5) is 4.39 Å². The first-order valence-corrected chi connectivity index (χ1v) is 9.03. The number of imidazole rings is 1. The molecule has 7 nitrogen and oxygen atoms in total. The first-order chi connectivity index (χ1) is 14.0. The molecule has 0 aliphatic rings. The summed E-state index contributed by atoms with van der Waals surface area (Å²) < 4.78 is 17.6. The summed E-state index contributed by atoms with van der Waals surface area (Å²) in [5.74, 6) is -0.00189. The Morgan fingerprint density at radius 1 is 1.21 bits per heavy atom. The van der Waals surface area contributed by atoms with E-state index >= 15 is 0 Å². The number of benzene rings is 2. The van der Waals surface area contributed by atoms with Gasteiger partial charge >= 0.3 is 0 Å². The van der Waals surface area contributed by atoms with Crippen LogP contribution in [0.3, 0.4) is 0 Å². The Hall–Kier alpha value is -3.81. The van der Waals surface area contributed by atoms with Crippen LogP contribution < -0.4 is 10.7 Å². The van der Waals surface area contributed by atoms with Gasteiger partial charge in [-0.05, 0) is 36.8 Å². The van der Waals surface area contributed by atoms with Gasteiger partial charge in [-0.3, -0.25) is 14.3 Å². The molecule has 0 unspecified atom stereocenters. The summed E-state index contributed by atoms with van der Waals surface area (Å²) >= 11 is 0. The molecule has 1 amide bonds. The lowest BCUT2D eigenvalue weighted by molar-refractivity contribution is -0.121. The third-order valence-corrected chi connectivity index (χ3v) is 4.64. The summed E-state index contributed by atoms with van der Waals surface area (Å²) in [4.78, 5) is 28.3. The van der Waals surface area contributed by atoms with E-state index in [1.54, 1.807) is 60.3 Å². The van der Waals surface area contributed by atoms with Crippen molar-refractivity contribution in [2.75, 3.05) is 0 Å². The molecule has 2 aromatic heterocycles. The minimum absolute atomic E-state index is 0.0460. The first-order valence-electron chi connectivity index (χ1n) is 9.03. The predicted molar refractivity (Wildman–Crippen MR) is 106 cm³/mol. The van der Waals surface area contributed by atoms with Crippen LogP contribution in [-0.2, 0) is 17.9 Å². The second-order valence-corrected chi connectivity index (χ2v) is 6.59. The normalized spacial score (nSPS) is 11.0. The maximum absolute atomic E-state index is 14.5. The Morgan fingerprint density at radius 2 is 2.03 bits per heavy atom. The van der Waals surface area contributed by atoms with Crippen LogP contribution in [0.15, 0.2) is 65.8 Å². The van der Waals surface area contributed by atoms with Gasteiger partial charge in [0.1, 0.15) is 18.2 Å². The molecule has 4 rings (SSSR count). The zero-order chi connectivity index (χ0) is 20.4. The van der Waals surface area contributed by atoms with Gasteiger partial charge in [-0.15, -0.1) is 0 Å². The number of hydrogen-bond donors (Lipinski definition) is 1. The van der Waals surface area contributed by atoms with Gasteiger partial charge in [0.25, 0.3) is 0 Å². The summed E-state index contributed by atoms with van der Waals surface area (Å²) in [5.41, 5.74) is 1.43. The van der Waals surface area contributed by atoms with Crippen LogP contribution in [0, 0.1) is 12.7 Å². The Kier molecular flexibility index (Phi) is 4.90. The molecular weight excluding hydrogens is 373 g/mol. The quantitative estimate of drug-likeness (QED) is 0.566. The lowest BCUT2D eigenvalue weighted by Gasteiger charge is -2.11. The number of hydrogen-bond acceptors (Lipinski definition) is 4. The highest BCUT2D eigenvalue weighted by Gasteiger charge is 2.10. The molecule has 0 fully saturated rings. The monoisotopic (exact) mass is 391 g/mol. The third-order valence-electron chi connectivity index (χ3n) is 4.64. The highest BCUT2D eigenvalue weighted by Crippen LogP contribution is 2.17. The minimum atomic E-state index is -0.397. The average Bonchev–Trinajstić information content (AvgIpc) is 3.14. The summed E-state index contributed by atoms with van der Waals surface area (Å²) in [6, 6.07) is 11.8. The van der Waals surface area contributed by atoms with E-state index in [0.29, 0.717) is 28.0 Å². The molecule has 0 saturated heterocycles. The van der Waals surface area contributed by atoms with Crippen molar-refractivity contribution in [2.45, 2.75) is 20.0 Å². The molecule has 4 aromatic rings. The van der Waals surface area contributed by atoms with Gasteiger partial charge in [-0.25, -0.2) is 9.37 Å². The summed E-state index contributed by atoms with van der Waals surface area (Å²) in [6.07, 6.45) is 4.50. The van der Waals surface area contributed by atoms with Crippen LogP contribution in [0.25, 0.3) is 16.6 Å². The molecule has 0 radical (unpaired) electrons. The van der Waals surface area contributed by atoms with E-state index in [-0.39, 0.29) is 24.4 Å². The average molecular weight is 391 g/mol. The molecule has 146 valence electrons. The molecule has 0 aliphatic heterocycles. The second kappa shape index (κ2) is 7.67. The summed E-state index contributed by atoms with van der Waals surface area (Å²) in [5, 5.41) is 7.30. The number of para-hydroxylation sites is 1. The van der Waals surface area contributed by atoms with Crippen molar-refractivity contribution >= 4 is 16.8 Å². The van der Waals surface area contributed by atoms with Crippen LogP contribution >= 0.6 is 0 Å². The van der Waals surface area contributed by atoms with Gasteiger partial charge in [0.15, 0.2) is 0 Å². The van der Waals surface area contributed by atoms with Crippen molar-refractivity contribution in [2.24, 2.45) is 0 Å². The lowest BCUT2D eigenvalue weighted by Crippen LogP contribution is -2.28. The van der Waals surface area contributed by atoms with Crippen LogP contribution in [0.1, 0.15) is 11.4 Å². The number of aryl methyl sites for hydroxylation is 1. The topological polar surface area (TPSA) is 81.8 Å². The van der Waals surface area contributed by atoms with Crippen molar-refractivity contribution in [3.63, 3.8) is 0 Å². The zero-order valence-corrected chi connectivity index (χ0v) is 15.7. The van der Waals surface area contributed by atoms with Gasteiger partial charge in [0.2, 0.25) is 11.3 Å². The summed E-state index contributed by atoms with van der Waals surface area (Å²) in [6.45, 7) is 1.93. The smallest absolute Gasteiger partial charge is 0.242 e. The second-order valence-electron chi connectivity index (χ2n) is 6.59. The molecule has 2 aromatic carbocycles. The molecule has 1 N–H and O–H groups in total. The molecule has 0 bridgehead atoms. The van der Waals surface area contributed by atoms with E-state index in [1.165, 1.54) is 16.9 Å². The van der Waals surface area contributed by atoms with Crippen molar-refractivity contribution in [1.82, 2.24) is 24.6 Å². The van der Waals surface area contributed by atoms with E-state index in [1.807, 2.05) is 0 Å². The fraction of sp³-hybridized carbons (Fsp3) is 0.143. The molecule has 0 aliphatic carbocycles. The number of nitrogens with zero attached hydrogens (tertiary/aromatic N) is 4. The van der Waals surface area contributed by atoms with E-state index < -0.39 is 5.82 Å². The number of rotatable bonds is 5. The number of aromatic nitrogens is 4. The Morgan fingerprint density at radius 3 is 2.79 bits per heavy atom. The van der Waals surface area contributed by atoms with E-state index in [9.17, 15) is 14.0 Å². The number of halogens is 1. The zero-order valence-electron chi connectivity index (χ0n) is 15.7. The van der Waals surface area contributed by atoms with Gasteiger partial charge < -0.3 is 9.88 Å². The van der Waals surface area contributed by atoms with Crippen molar-refractivity contribution < 1.29 is 9.18 Å². The molecule has 29 heavy (non-hydrogen) atoms. The maximum atomic E-state index is 14.5. The largest absolute Gasteiger partial charge is 0.350 e. The molecule has 0 atom stereocenters. The van der Waals surface area contributed by atoms with E-state index in [2.05, 4.69) is 15.4 Å². The highest BCUT2D eigenvalue weighted by molar-refractivity contribution is 5.81. The first kappa shape index (κ1) is 18.5. The fourth-order valence-electron chi connectivity index (χ4n) is 3.17. The molecule has 2 heterocycles. The van der Waals surface area contributed by atoms with Gasteiger partial charge in [0.05, 0.1) is 17.4 Å². The molecular formula is C21H18FN5O2. The maximum Gasteiger partial charge on any atom is 0.242 e. The van der Waals surface area contributed by atoms with Crippen LogP contribution in [0.5, 0.6) is 0 Å². The number of carbonyl (C=O) groups is 1. The third kappa shape index (κ3) is 3.77. The molecule has 8 heteroatoms. The number of carbonyl (C=O) groups excluding carboxylic acids is 1. The Balaban J connectivity index is 1.45. The van der Waals surface area contributed by atoms with Crippen LogP contribution in [-0.4, -0.2) is 25.2 Å². The predicted octanol–water partition coefficient (Wildman–Crippen LogP) is 2.35. The molecule has 0 saturated carbocycles. The Bertz CT molecular complexity index is 1260. The van der Waals surface area contributed by atoms with E-state index in [0.717, 1.165) is 0 Å². The Labute approximate surface area is 165 Å². The van der Waals surface area contributed by atoms with Crippen LogP contribution in [0.2, 0.25) is 0 Å². The summed E-state index contributed by atoms with van der Waals surface area (Å²) in [7, 11) is 0. The minimum Gasteiger partial charge on any atom is -0.350 e. The van der Waals surface area contributed by atoms with Crippen molar-refractivity contribution in [1.29, 1.82) is 0 Å². The van der Waals surface area contributed by atoms with Gasteiger partial charge in [-0.1, -0.05) is 18.2 Å². The fourth-order valence-corrected chi connectivity index (χ4v) is 3.17. The van der Waals surface area contributed by atoms with Gasteiger partial charge in [-0.2, -0.15) is 5.10 Å². The lowest BCUT2D eigenvalue weighted by atomic mass is 10.2.